The summed E-state index contributed by atoms with van der Waals surface area (Å²) in [7, 11) is 0. The van der Waals surface area contributed by atoms with Crippen LogP contribution in [0.4, 0.5) is 5.82 Å². The fraction of sp³-hybridized carbons (Fsp3) is 0.214. The van der Waals surface area contributed by atoms with Crippen molar-refractivity contribution in [1.29, 1.82) is 0 Å². The zero-order chi connectivity index (χ0) is 16.4. The fourth-order valence-electron chi connectivity index (χ4n) is 2.34. The first-order valence-corrected chi connectivity index (χ1v) is 6.93. The highest BCUT2D eigenvalue weighted by atomic mass is 16.3. The molecule has 1 atom stereocenters. The van der Waals surface area contributed by atoms with Gasteiger partial charge in [0.25, 0.3) is 5.91 Å². The fourth-order valence-corrected chi connectivity index (χ4v) is 2.34. The highest BCUT2D eigenvalue weighted by Crippen LogP contribution is 2.14. The third kappa shape index (κ3) is 3.09. The lowest BCUT2D eigenvalue weighted by Gasteiger charge is -2.09. The van der Waals surface area contributed by atoms with Crippen molar-refractivity contribution in [2.45, 2.75) is 19.2 Å². The van der Waals surface area contributed by atoms with Gasteiger partial charge in [-0.3, -0.25) is 4.79 Å². The largest absolute Gasteiger partial charge is 0.385 e. The van der Waals surface area contributed by atoms with Crippen LogP contribution in [0.3, 0.4) is 0 Å². The monoisotopic (exact) mass is 314 g/mol. The Morgan fingerprint density at radius 2 is 2.22 bits per heavy atom. The lowest BCUT2D eigenvalue weighted by molar-refractivity contribution is -0.703. The normalized spacial score (nSPS) is 12.4. The minimum absolute atomic E-state index is 0.279. The molecule has 0 radical (unpaired) electrons. The van der Waals surface area contributed by atoms with E-state index in [0.717, 1.165) is 0 Å². The molecule has 9 nitrogen and oxygen atoms in total. The maximum absolute atomic E-state index is 11.2. The van der Waals surface area contributed by atoms with Crippen LogP contribution in [0.2, 0.25) is 0 Å². The average Bonchev–Trinajstić information content (AvgIpc) is 2.92. The second-order valence-corrected chi connectivity index (χ2v) is 5.14. The Labute approximate surface area is 131 Å². The van der Waals surface area contributed by atoms with Crippen molar-refractivity contribution in [2.24, 2.45) is 5.73 Å². The van der Waals surface area contributed by atoms with Crippen LogP contribution < -0.4 is 16.0 Å². The van der Waals surface area contributed by atoms with Crippen molar-refractivity contribution in [3.63, 3.8) is 0 Å². The first-order chi connectivity index (χ1) is 11.0. The van der Waals surface area contributed by atoms with Gasteiger partial charge in [0, 0.05) is 6.07 Å². The van der Waals surface area contributed by atoms with Crippen molar-refractivity contribution >= 4 is 22.9 Å². The van der Waals surface area contributed by atoms with E-state index in [2.05, 4.69) is 15.0 Å². The van der Waals surface area contributed by atoms with Crippen LogP contribution in [0.15, 0.2) is 37.2 Å². The van der Waals surface area contributed by atoms with E-state index in [-0.39, 0.29) is 6.54 Å². The van der Waals surface area contributed by atoms with Gasteiger partial charge >= 0.3 is 0 Å². The molecular formula is C14H16N7O2+. The van der Waals surface area contributed by atoms with Gasteiger partial charge in [-0.05, 0) is 6.07 Å². The van der Waals surface area contributed by atoms with E-state index >= 15 is 0 Å². The third-order valence-corrected chi connectivity index (χ3v) is 3.40. The molecule has 0 aliphatic rings. The van der Waals surface area contributed by atoms with Crippen LogP contribution in [0, 0.1) is 0 Å². The number of pyridine rings is 1. The number of imidazole rings is 1. The van der Waals surface area contributed by atoms with Gasteiger partial charge in [0.2, 0.25) is 0 Å². The molecular weight excluding hydrogens is 298 g/mol. The van der Waals surface area contributed by atoms with Crippen LogP contribution in [0.1, 0.15) is 10.4 Å². The predicted octanol–water partition coefficient (Wildman–Crippen LogP) is -1.14. The molecule has 5 N–H and O–H groups in total. The number of nitrogens with two attached hydrogens (primary N) is 2. The summed E-state index contributed by atoms with van der Waals surface area (Å²) in [5.41, 5.74) is 12.4. The lowest BCUT2D eigenvalue weighted by Crippen LogP contribution is -2.41. The van der Waals surface area contributed by atoms with Gasteiger partial charge < -0.3 is 21.1 Å². The SMILES string of the molecule is NC(=O)c1ccc[n+](CC(O)Cn2cnc3c(N)ncnc32)c1. The molecule has 1 amide bonds. The number of carbonyl (C=O) groups excluding carboxylic acids is 1. The summed E-state index contributed by atoms with van der Waals surface area (Å²) in [5.74, 6) is -0.214. The Morgan fingerprint density at radius 1 is 1.39 bits per heavy atom. The molecule has 0 bridgehead atoms. The maximum atomic E-state index is 11.2. The number of aromatic nitrogens is 5. The predicted molar refractivity (Wildman–Crippen MR) is 80.9 cm³/mol. The van der Waals surface area contributed by atoms with Crippen molar-refractivity contribution in [1.82, 2.24) is 19.5 Å². The van der Waals surface area contributed by atoms with Crippen LogP contribution in [0.25, 0.3) is 11.2 Å². The van der Waals surface area contributed by atoms with Gasteiger partial charge in [-0.15, -0.1) is 0 Å². The molecule has 3 heterocycles. The maximum Gasteiger partial charge on any atom is 0.254 e. The summed E-state index contributed by atoms with van der Waals surface area (Å²) in [6, 6.07) is 3.32. The van der Waals surface area contributed by atoms with E-state index in [1.54, 1.807) is 40.0 Å². The number of rotatable bonds is 5. The molecule has 1 unspecified atom stereocenters. The number of carbonyl (C=O) groups is 1. The van der Waals surface area contributed by atoms with Gasteiger partial charge in [-0.2, -0.15) is 0 Å². The Bertz CT molecular complexity index is 861. The minimum Gasteiger partial charge on any atom is -0.385 e. The number of nitrogen functional groups attached to an aromatic ring is 1. The number of hydrogen-bond donors (Lipinski definition) is 3. The number of anilines is 1. The Hall–Kier alpha value is -3.07. The summed E-state index contributed by atoms with van der Waals surface area (Å²) in [5, 5.41) is 10.3. The molecule has 0 aliphatic heterocycles. The summed E-state index contributed by atoms with van der Waals surface area (Å²) in [6.07, 6.45) is 5.55. The molecule has 3 aromatic heterocycles. The van der Waals surface area contributed by atoms with Crippen LogP contribution >= 0.6 is 0 Å². The molecule has 0 aromatic carbocycles. The van der Waals surface area contributed by atoms with Crippen LogP contribution in [-0.4, -0.2) is 36.6 Å². The van der Waals surface area contributed by atoms with E-state index in [0.29, 0.717) is 29.1 Å². The Kier molecular flexibility index (Phi) is 3.85. The molecule has 9 heteroatoms. The Balaban J connectivity index is 1.76. The van der Waals surface area contributed by atoms with Crippen molar-refractivity contribution < 1.29 is 14.5 Å². The van der Waals surface area contributed by atoms with Crippen molar-refractivity contribution in [3.8, 4) is 0 Å². The lowest BCUT2D eigenvalue weighted by atomic mass is 10.2. The van der Waals surface area contributed by atoms with Gasteiger partial charge in [-0.1, -0.05) is 0 Å². The van der Waals surface area contributed by atoms with Gasteiger partial charge in [0.15, 0.2) is 30.4 Å². The summed E-state index contributed by atoms with van der Waals surface area (Å²) in [6.45, 7) is 0.572. The zero-order valence-electron chi connectivity index (χ0n) is 12.2. The first-order valence-electron chi connectivity index (χ1n) is 6.93. The molecule has 0 saturated heterocycles. The summed E-state index contributed by atoms with van der Waals surface area (Å²) < 4.78 is 3.41. The van der Waals surface area contributed by atoms with Crippen molar-refractivity contribution in [3.05, 3.63) is 42.7 Å². The summed E-state index contributed by atoms with van der Waals surface area (Å²) >= 11 is 0. The molecule has 0 aliphatic carbocycles. The van der Waals surface area contributed by atoms with Crippen LogP contribution in [0.5, 0.6) is 0 Å². The molecule has 0 spiro atoms. The summed E-state index contributed by atoms with van der Waals surface area (Å²) in [4.78, 5) is 23.3. The van der Waals surface area contributed by atoms with Gasteiger partial charge in [0.05, 0.1) is 12.9 Å². The number of hydrogen-bond acceptors (Lipinski definition) is 6. The van der Waals surface area contributed by atoms with Gasteiger partial charge in [0.1, 0.15) is 23.5 Å². The number of aliphatic hydroxyl groups is 1. The first kappa shape index (κ1) is 14.9. The van der Waals surface area contributed by atoms with E-state index in [1.165, 1.54) is 6.33 Å². The highest BCUT2D eigenvalue weighted by molar-refractivity contribution is 5.92. The second-order valence-electron chi connectivity index (χ2n) is 5.14. The van der Waals surface area contributed by atoms with E-state index in [9.17, 15) is 9.90 Å². The van der Waals surface area contributed by atoms with Crippen molar-refractivity contribution in [2.75, 3.05) is 5.73 Å². The smallest absolute Gasteiger partial charge is 0.254 e. The molecule has 0 fully saturated rings. The third-order valence-electron chi connectivity index (χ3n) is 3.40. The number of amides is 1. The number of primary amides is 1. The Morgan fingerprint density at radius 3 is 3.00 bits per heavy atom. The standard InChI is InChI=1S/C14H15N7O2/c15-12-11-14(18-7-17-12)21(8-19-11)6-10(22)5-20-3-1-2-9(4-20)13(16)23/h1-4,7-8,10,22H,5-6H2,(H3-,15,16,17,18,23)/p+1. The number of aliphatic hydroxyl groups excluding tert-OH is 1. The quantitative estimate of drug-likeness (QED) is 0.509. The average molecular weight is 314 g/mol. The molecule has 118 valence electrons. The second kappa shape index (κ2) is 5.97. The number of nitrogens with zero attached hydrogens (tertiary/aromatic N) is 5. The topological polar surface area (TPSA) is 137 Å². The van der Waals surface area contributed by atoms with Crippen LogP contribution in [-0.2, 0) is 13.1 Å². The van der Waals surface area contributed by atoms with Gasteiger partial charge in [-0.25, -0.2) is 19.5 Å². The molecule has 3 aromatic rings. The molecule has 3 rings (SSSR count). The zero-order valence-corrected chi connectivity index (χ0v) is 12.2. The van der Waals surface area contributed by atoms with E-state index in [1.807, 2.05) is 0 Å². The molecule has 0 saturated carbocycles. The number of fused-ring (bicyclic) bond motifs is 1. The highest BCUT2D eigenvalue weighted by Gasteiger charge is 2.16. The van der Waals surface area contributed by atoms with E-state index < -0.39 is 12.0 Å². The van der Waals surface area contributed by atoms with E-state index in [4.69, 9.17) is 11.5 Å². The molecule has 23 heavy (non-hydrogen) atoms. The minimum atomic E-state index is -0.711.